The van der Waals surface area contributed by atoms with Crippen molar-refractivity contribution in [2.24, 2.45) is 0 Å². The van der Waals surface area contributed by atoms with E-state index in [1.165, 1.54) is 0 Å². The van der Waals surface area contributed by atoms with Crippen molar-refractivity contribution >= 4 is 50.1 Å². The molecule has 1 saturated heterocycles. The largest absolute Gasteiger partial charge is 0.325 e. The highest BCUT2D eigenvalue weighted by Gasteiger charge is 2.21. The monoisotopic (exact) mass is 394 g/mol. The van der Waals surface area contributed by atoms with Gasteiger partial charge in [-0.3, -0.25) is 4.79 Å². The van der Waals surface area contributed by atoms with Crippen LogP contribution in [0.15, 0.2) is 22.7 Å². The van der Waals surface area contributed by atoms with E-state index in [2.05, 4.69) is 49.2 Å². The van der Waals surface area contributed by atoms with Crippen LogP contribution < -0.4 is 10.6 Å². The highest BCUT2D eigenvalue weighted by molar-refractivity contribution is 14.1. The number of hydrogen-bond acceptors (Lipinski definition) is 2. The predicted octanol–water partition coefficient (Wildman–Crippen LogP) is 2.74. The molecule has 5 heteroatoms. The van der Waals surface area contributed by atoms with Gasteiger partial charge in [0, 0.05) is 13.7 Å². The van der Waals surface area contributed by atoms with Gasteiger partial charge >= 0.3 is 0 Å². The summed E-state index contributed by atoms with van der Waals surface area (Å²) in [5, 5.41) is 6.10. The van der Waals surface area contributed by atoms with Gasteiger partial charge < -0.3 is 10.6 Å². The summed E-state index contributed by atoms with van der Waals surface area (Å²) in [7, 11) is 0. The second kappa shape index (κ2) is 5.46. The van der Waals surface area contributed by atoms with Crippen LogP contribution in [0.25, 0.3) is 0 Å². The molecule has 1 aliphatic heterocycles. The number of amides is 1. The first-order valence-corrected chi connectivity index (χ1v) is 7.03. The van der Waals surface area contributed by atoms with Gasteiger partial charge in [0.25, 0.3) is 0 Å². The number of nitrogens with one attached hydrogen (secondary N) is 2. The molecule has 1 aromatic carbocycles. The molecule has 0 aliphatic carbocycles. The minimum absolute atomic E-state index is 0.0266. The van der Waals surface area contributed by atoms with Crippen molar-refractivity contribution in [3.05, 3.63) is 26.2 Å². The first-order valence-electron chi connectivity index (χ1n) is 5.16. The highest BCUT2D eigenvalue weighted by Crippen LogP contribution is 2.22. The Morgan fingerprint density at radius 2 is 2.38 bits per heavy atom. The predicted molar refractivity (Wildman–Crippen MR) is 76.5 cm³/mol. The Morgan fingerprint density at radius 1 is 1.56 bits per heavy atom. The van der Waals surface area contributed by atoms with Crippen molar-refractivity contribution in [1.29, 1.82) is 0 Å². The summed E-state index contributed by atoms with van der Waals surface area (Å²) in [5.74, 6) is 0.0654. The number of carbonyl (C=O) groups is 1. The first-order chi connectivity index (χ1) is 7.66. The Bertz CT molecular complexity index is 405. The molecular weight excluding hydrogens is 383 g/mol. The van der Waals surface area contributed by atoms with Crippen molar-refractivity contribution in [1.82, 2.24) is 5.32 Å². The molecule has 3 nitrogen and oxygen atoms in total. The lowest BCUT2D eigenvalue weighted by Gasteiger charge is -2.11. The number of hydrogen-bond donors (Lipinski definition) is 2. The van der Waals surface area contributed by atoms with Crippen molar-refractivity contribution in [2.75, 3.05) is 11.9 Å². The molecule has 1 fully saturated rings. The molecular formula is C11H12BrIN2O. The third kappa shape index (κ3) is 2.95. The Morgan fingerprint density at radius 3 is 3.00 bits per heavy atom. The molecule has 2 N–H and O–H groups in total. The van der Waals surface area contributed by atoms with E-state index < -0.39 is 0 Å². The van der Waals surface area contributed by atoms with E-state index in [0.29, 0.717) is 0 Å². The number of anilines is 1. The molecule has 0 spiro atoms. The van der Waals surface area contributed by atoms with E-state index in [9.17, 15) is 4.79 Å². The van der Waals surface area contributed by atoms with Crippen molar-refractivity contribution < 1.29 is 4.79 Å². The van der Waals surface area contributed by atoms with E-state index in [1.807, 2.05) is 18.2 Å². The maximum absolute atomic E-state index is 11.8. The molecule has 1 aromatic rings. The van der Waals surface area contributed by atoms with E-state index in [-0.39, 0.29) is 11.9 Å². The maximum atomic E-state index is 11.8. The third-order valence-corrected chi connectivity index (χ3v) is 4.89. The van der Waals surface area contributed by atoms with Crippen molar-refractivity contribution in [3.63, 3.8) is 0 Å². The normalized spacial score (nSPS) is 19.8. The summed E-state index contributed by atoms with van der Waals surface area (Å²) < 4.78 is 2.14. The van der Waals surface area contributed by atoms with Gasteiger partial charge in [0.15, 0.2) is 0 Å². The van der Waals surface area contributed by atoms with Gasteiger partial charge in [0.05, 0.1) is 6.04 Å². The second-order valence-electron chi connectivity index (χ2n) is 3.77. The van der Waals surface area contributed by atoms with Crippen LogP contribution in [-0.2, 0) is 4.79 Å². The Balaban J connectivity index is 2.02. The van der Waals surface area contributed by atoms with Gasteiger partial charge in [-0.1, -0.05) is 0 Å². The van der Waals surface area contributed by atoms with Crippen LogP contribution in [0, 0.1) is 3.57 Å². The molecule has 86 valence electrons. The SMILES string of the molecule is O=C(Nc1ccc(Br)c(I)c1)C1CCCN1. The van der Waals surface area contributed by atoms with Gasteiger partial charge in [-0.2, -0.15) is 0 Å². The zero-order chi connectivity index (χ0) is 11.5. The van der Waals surface area contributed by atoms with Crippen LogP contribution >= 0.6 is 38.5 Å². The zero-order valence-corrected chi connectivity index (χ0v) is 12.3. The van der Waals surface area contributed by atoms with Crippen molar-refractivity contribution in [3.8, 4) is 0 Å². The first kappa shape index (κ1) is 12.3. The molecule has 0 saturated carbocycles. The van der Waals surface area contributed by atoms with Gasteiger partial charge in [-0.05, 0) is 76.1 Å². The lowest BCUT2D eigenvalue weighted by atomic mass is 10.2. The van der Waals surface area contributed by atoms with Crippen LogP contribution in [0.2, 0.25) is 0 Å². The number of rotatable bonds is 2. The summed E-state index contributed by atoms with van der Waals surface area (Å²) in [4.78, 5) is 11.8. The summed E-state index contributed by atoms with van der Waals surface area (Å²) in [5.41, 5.74) is 0.853. The highest BCUT2D eigenvalue weighted by atomic mass is 127. The Hall–Kier alpha value is -0.140. The molecule has 2 rings (SSSR count). The fourth-order valence-electron chi connectivity index (χ4n) is 1.71. The topological polar surface area (TPSA) is 41.1 Å². The number of halogens is 2. The Labute approximate surface area is 117 Å². The zero-order valence-electron chi connectivity index (χ0n) is 8.59. The van der Waals surface area contributed by atoms with Crippen LogP contribution in [0.4, 0.5) is 5.69 Å². The van der Waals surface area contributed by atoms with Crippen LogP contribution in [0.5, 0.6) is 0 Å². The molecule has 16 heavy (non-hydrogen) atoms. The summed E-state index contributed by atoms with van der Waals surface area (Å²) in [6, 6.07) is 5.78. The van der Waals surface area contributed by atoms with Gasteiger partial charge in [-0.15, -0.1) is 0 Å². The molecule has 0 radical (unpaired) electrons. The van der Waals surface area contributed by atoms with Crippen molar-refractivity contribution in [2.45, 2.75) is 18.9 Å². The summed E-state index contributed by atoms with van der Waals surface area (Å²) in [6.07, 6.45) is 2.01. The summed E-state index contributed by atoms with van der Waals surface area (Å²) in [6.45, 7) is 0.940. The Kier molecular flexibility index (Phi) is 4.21. The van der Waals surface area contributed by atoms with Crippen LogP contribution in [0.3, 0.4) is 0 Å². The molecule has 1 unspecified atom stereocenters. The lowest BCUT2D eigenvalue weighted by Crippen LogP contribution is -2.35. The number of carbonyl (C=O) groups excluding carboxylic acids is 1. The average Bonchev–Trinajstić information content (AvgIpc) is 2.77. The molecule has 0 bridgehead atoms. The summed E-state index contributed by atoms with van der Waals surface area (Å²) >= 11 is 5.66. The fourth-order valence-corrected chi connectivity index (χ4v) is 2.47. The van der Waals surface area contributed by atoms with E-state index in [4.69, 9.17) is 0 Å². The van der Waals surface area contributed by atoms with Crippen LogP contribution in [0.1, 0.15) is 12.8 Å². The molecule has 1 heterocycles. The molecule has 0 aromatic heterocycles. The van der Waals surface area contributed by atoms with Gasteiger partial charge in [0.2, 0.25) is 5.91 Å². The van der Waals surface area contributed by atoms with E-state index in [0.717, 1.165) is 33.1 Å². The van der Waals surface area contributed by atoms with Gasteiger partial charge in [0.1, 0.15) is 0 Å². The molecule has 1 amide bonds. The minimum atomic E-state index is -0.0266. The third-order valence-electron chi connectivity index (χ3n) is 2.56. The minimum Gasteiger partial charge on any atom is -0.325 e. The second-order valence-corrected chi connectivity index (χ2v) is 5.78. The quantitative estimate of drug-likeness (QED) is 0.757. The molecule has 1 atom stereocenters. The lowest BCUT2D eigenvalue weighted by molar-refractivity contribution is -0.117. The van der Waals surface area contributed by atoms with Crippen LogP contribution in [-0.4, -0.2) is 18.5 Å². The van der Waals surface area contributed by atoms with E-state index >= 15 is 0 Å². The van der Waals surface area contributed by atoms with E-state index in [1.54, 1.807) is 0 Å². The fraction of sp³-hybridized carbons (Fsp3) is 0.364. The molecule has 1 aliphatic rings. The maximum Gasteiger partial charge on any atom is 0.241 e. The smallest absolute Gasteiger partial charge is 0.241 e. The average molecular weight is 395 g/mol. The van der Waals surface area contributed by atoms with Gasteiger partial charge in [-0.25, -0.2) is 0 Å². The standard InChI is InChI=1S/C11H12BrIN2O/c12-8-4-3-7(6-9(8)13)15-11(16)10-2-1-5-14-10/h3-4,6,10,14H,1-2,5H2,(H,15,16). The number of benzene rings is 1.